The number of fused-ring (bicyclic) bond motifs is 2. The third-order valence-electron chi connectivity index (χ3n) is 11.3. The van der Waals surface area contributed by atoms with Gasteiger partial charge in [0, 0.05) is 49.3 Å². The summed E-state index contributed by atoms with van der Waals surface area (Å²) >= 11 is 0. The molecule has 1 amide bonds. The molecule has 3 aliphatic carbocycles. The number of likely N-dealkylation sites (N-methyl/N-ethyl adjacent to an activating group) is 1. The van der Waals surface area contributed by atoms with Gasteiger partial charge in [0.05, 0.1) is 26.4 Å². The molecule has 1 unspecified atom stereocenters. The van der Waals surface area contributed by atoms with Gasteiger partial charge in [-0.25, -0.2) is 0 Å². The van der Waals surface area contributed by atoms with Crippen molar-refractivity contribution in [3.8, 4) is 5.75 Å². The number of nitrogens with one attached hydrogen (secondary N) is 1. The van der Waals surface area contributed by atoms with Crippen molar-refractivity contribution < 1.29 is 24.6 Å². The molecule has 46 heavy (non-hydrogen) atoms. The lowest BCUT2D eigenvalue weighted by Crippen LogP contribution is -2.62. The Bertz CT molecular complexity index is 1300. The summed E-state index contributed by atoms with van der Waals surface area (Å²) in [6, 6.07) is 15.9. The minimum absolute atomic E-state index is 0.0876. The van der Waals surface area contributed by atoms with Crippen molar-refractivity contribution in [2.45, 2.75) is 84.5 Å². The fraction of sp³-hybridized carbons (Fsp3) is 0.649. The Hall–Kier alpha value is -2.53. The number of hydrogen-bond acceptors (Lipinski definition) is 8. The standard InChI is InChI=1S/C37H56N4O5/c1-24-30-18-29(37(30,3)4)19-31(24)38-36(44)34-33(25(2)43)32(23-42)46-41(34)22-28-15-11-14-27(35(28)45-7)21-40(17-16-39(5)6)20-26-12-9-8-10-13-26/h8-15,24-25,29-34,42-43H,16-23H2,1-7H3,(H,38,44)/t24-,25-,29+,30-,31?,32-,33+,34-/m0/s1. The van der Waals surface area contributed by atoms with Crippen LogP contribution in [0.5, 0.6) is 5.75 Å². The monoisotopic (exact) mass is 636 g/mol. The molecule has 8 atom stereocenters. The Morgan fingerprint density at radius 3 is 2.41 bits per heavy atom. The molecule has 0 radical (unpaired) electrons. The fourth-order valence-electron chi connectivity index (χ4n) is 8.44. The first-order valence-electron chi connectivity index (χ1n) is 17.0. The third-order valence-corrected chi connectivity index (χ3v) is 11.3. The maximum atomic E-state index is 14.1. The number of carbonyl (C=O) groups excluding carboxylic acids is 1. The molecule has 1 saturated heterocycles. The molecule has 4 aliphatic rings. The zero-order valence-corrected chi connectivity index (χ0v) is 28.9. The molecule has 0 spiro atoms. The van der Waals surface area contributed by atoms with Gasteiger partial charge in [0.15, 0.2) is 0 Å². The number of para-hydroxylation sites is 1. The number of aliphatic hydroxyl groups is 2. The second-order valence-corrected chi connectivity index (χ2v) is 14.8. The highest BCUT2D eigenvalue weighted by molar-refractivity contribution is 5.83. The van der Waals surface area contributed by atoms with E-state index in [2.05, 4.69) is 80.3 Å². The largest absolute Gasteiger partial charge is 0.496 e. The summed E-state index contributed by atoms with van der Waals surface area (Å²) in [6.07, 6.45) is 0.672. The lowest BCUT2D eigenvalue weighted by Gasteiger charge is -2.62. The highest BCUT2D eigenvalue weighted by Gasteiger charge is 2.57. The quantitative estimate of drug-likeness (QED) is 0.287. The summed E-state index contributed by atoms with van der Waals surface area (Å²) in [5.41, 5.74) is 3.52. The minimum Gasteiger partial charge on any atom is -0.496 e. The van der Waals surface area contributed by atoms with Gasteiger partial charge in [-0.15, -0.1) is 0 Å². The van der Waals surface area contributed by atoms with Crippen LogP contribution >= 0.6 is 0 Å². The second kappa shape index (κ2) is 14.7. The van der Waals surface area contributed by atoms with Crippen LogP contribution in [0.25, 0.3) is 0 Å². The van der Waals surface area contributed by atoms with Crippen molar-refractivity contribution in [2.24, 2.45) is 29.1 Å². The molecular formula is C37H56N4O5. The highest BCUT2D eigenvalue weighted by atomic mass is 16.7. The lowest BCUT2D eigenvalue weighted by molar-refractivity contribution is -0.183. The topological polar surface area (TPSA) is 97.7 Å². The Labute approximate surface area is 275 Å². The summed E-state index contributed by atoms with van der Waals surface area (Å²) in [5.74, 6) is 1.62. The van der Waals surface area contributed by atoms with Crippen LogP contribution in [0.15, 0.2) is 48.5 Å². The van der Waals surface area contributed by atoms with Gasteiger partial charge in [-0.3, -0.25) is 14.5 Å². The number of ether oxygens (including phenoxy) is 1. The van der Waals surface area contributed by atoms with Gasteiger partial charge in [0.1, 0.15) is 17.9 Å². The number of hydrogen-bond donors (Lipinski definition) is 3. The van der Waals surface area contributed by atoms with E-state index >= 15 is 0 Å². The maximum Gasteiger partial charge on any atom is 0.240 e. The van der Waals surface area contributed by atoms with Gasteiger partial charge in [-0.2, -0.15) is 5.06 Å². The van der Waals surface area contributed by atoms with Gasteiger partial charge in [-0.1, -0.05) is 69.3 Å². The van der Waals surface area contributed by atoms with Crippen LogP contribution < -0.4 is 10.1 Å². The van der Waals surface area contributed by atoms with Crippen LogP contribution in [-0.2, 0) is 29.3 Å². The molecule has 1 heterocycles. The van der Waals surface area contributed by atoms with Crippen molar-refractivity contribution in [3.05, 3.63) is 65.2 Å². The van der Waals surface area contributed by atoms with Crippen LogP contribution in [0.2, 0.25) is 0 Å². The third kappa shape index (κ3) is 7.30. The van der Waals surface area contributed by atoms with Gasteiger partial charge in [0.2, 0.25) is 5.91 Å². The molecule has 4 fully saturated rings. The van der Waals surface area contributed by atoms with E-state index in [-0.39, 0.29) is 25.1 Å². The average Bonchev–Trinajstić information content (AvgIpc) is 3.40. The van der Waals surface area contributed by atoms with Crippen molar-refractivity contribution >= 4 is 5.91 Å². The number of nitrogens with zero attached hydrogens (tertiary/aromatic N) is 3. The number of benzene rings is 2. The van der Waals surface area contributed by atoms with E-state index in [1.54, 1.807) is 19.1 Å². The van der Waals surface area contributed by atoms with Crippen molar-refractivity contribution in [1.29, 1.82) is 0 Å². The zero-order chi connectivity index (χ0) is 33.2. The second-order valence-electron chi connectivity index (χ2n) is 14.8. The molecular weight excluding hydrogens is 580 g/mol. The Morgan fingerprint density at radius 1 is 1.09 bits per heavy atom. The van der Waals surface area contributed by atoms with Gasteiger partial charge < -0.3 is 25.2 Å². The van der Waals surface area contributed by atoms with E-state index in [9.17, 15) is 15.0 Å². The normalized spacial score (nSPS) is 29.5. The molecule has 9 heteroatoms. The van der Waals surface area contributed by atoms with Crippen LogP contribution in [0.4, 0.5) is 0 Å². The fourth-order valence-corrected chi connectivity index (χ4v) is 8.44. The van der Waals surface area contributed by atoms with Crippen molar-refractivity contribution in [3.63, 3.8) is 0 Å². The molecule has 254 valence electrons. The molecule has 9 nitrogen and oxygen atoms in total. The van der Waals surface area contributed by atoms with Gasteiger partial charge in [-0.05, 0) is 62.6 Å². The summed E-state index contributed by atoms with van der Waals surface area (Å²) in [7, 11) is 5.86. The minimum atomic E-state index is -0.842. The Balaban J connectivity index is 1.37. The number of carbonyl (C=O) groups is 1. The van der Waals surface area contributed by atoms with E-state index in [4.69, 9.17) is 9.57 Å². The molecule has 3 N–H and O–H groups in total. The van der Waals surface area contributed by atoms with Crippen LogP contribution in [0, 0.1) is 29.1 Å². The lowest BCUT2D eigenvalue weighted by atomic mass is 9.45. The summed E-state index contributed by atoms with van der Waals surface area (Å²) < 4.78 is 6.04. The van der Waals surface area contributed by atoms with Crippen LogP contribution in [0.1, 0.15) is 57.2 Å². The van der Waals surface area contributed by atoms with Gasteiger partial charge in [0.25, 0.3) is 0 Å². The van der Waals surface area contributed by atoms with E-state index in [1.807, 2.05) is 18.2 Å². The zero-order valence-electron chi connectivity index (χ0n) is 28.9. The molecule has 3 saturated carbocycles. The number of aliphatic hydroxyl groups excluding tert-OH is 2. The van der Waals surface area contributed by atoms with Gasteiger partial charge >= 0.3 is 0 Å². The predicted molar refractivity (Wildman–Crippen MR) is 180 cm³/mol. The molecule has 2 aromatic rings. The smallest absolute Gasteiger partial charge is 0.240 e. The average molecular weight is 637 g/mol. The summed E-state index contributed by atoms with van der Waals surface area (Å²) in [6.45, 7) is 12.0. The Kier molecular flexibility index (Phi) is 11.1. The van der Waals surface area contributed by atoms with Crippen LogP contribution in [0.3, 0.4) is 0 Å². The number of hydroxylamine groups is 2. The summed E-state index contributed by atoms with van der Waals surface area (Å²) in [5, 5.41) is 26.2. The van der Waals surface area contributed by atoms with Crippen molar-refractivity contribution in [2.75, 3.05) is 40.9 Å². The van der Waals surface area contributed by atoms with Crippen LogP contribution in [-0.4, -0.2) is 96.2 Å². The first-order chi connectivity index (χ1) is 21.9. The molecule has 0 aromatic heterocycles. The molecule has 6 rings (SSSR count). The highest BCUT2D eigenvalue weighted by Crippen LogP contribution is 2.61. The van der Waals surface area contributed by atoms with E-state index < -0.39 is 24.2 Å². The molecule has 2 aromatic carbocycles. The number of amides is 1. The van der Waals surface area contributed by atoms with Crippen molar-refractivity contribution in [1.82, 2.24) is 20.2 Å². The summed E-state index contributed by atoms with van der Waals surface area (Å²) in [4.78, 5) is 25.0. The van der Waals surface area contributed by atoms with E-state index in [0.717, 1.165) is 42.9 Å². The van der Waals surface area contributed by atoms with E-state index in [1.165, 1.54) is 12.0 Å². The first-order valence-corrected chi connectivity index (χ1v) is 17.0. The Morgan fingerprint density at radius 2 is 1.80 bits per heavy atom. The maximum absolute atomic E-state index is 14.1. The molecule has 2 bridgehead atoms. The first kappa shape index (κ1) is 34.8. The number of methoxy groups -OCH3 is 1. The number of rotatable bonds is 14. The van der Waals surface area contributed by atoms with E-state index in [0.29, 0.717) is 29.7 Å². The molecule has 1 aliphatic heterocycles. The predicted octanol–water partition coefficient (Wildman–Crippen LogP) is 3.92. The SMILES string of the molecule is COc1c(CN(CCN(C)C)Cc2ccccc2)cccc1CN1O[C@@H](CO)[C@@H]([C@H](C)O)[C@H]1C(=O)NC1C[C@H]2C[C@@H]([C@@H]1C)C2(C)C.